The standard InChI is InChI=1S/C22H25N5OS/c1-3-4-5-6-7-12-19-26-27-20(23)17(21(28)25-22(27)29-19)13-16-14(2)24-18-11-9-8-10-15(16)18/h8-11,13H,3-7,12,23H2,1-2H3/b16-13+. The van der Waals surface area contributed by atoms with Gasteiger partial charge in [0.2, 0.25) is 4.96 Å². The van der Waals surface area contributed by atoms with Crippen LogP contribution in [0.5, 0.6) is 0 Å². The predicted molar refractivity (Wildman–Crippen MR) is 121 cm³/mol. The summed E-state index contributed by atoms with van der Waals surface area (Å²) in [5.41, 5.74) is 10.1. The third kappa shape index (κ3) is 3.87. The van der Waals surface area contributed by atoms with Gasteiger partial charge in [-0.05, 0) is 25.5 Å². The largest absolute Gasteiger partial charge is 0.383 e. The first kappa shape index (κ1) is 19.5. The van der Waals surface area contributed by atoms with E-state index in [1.165, 1.54) is 37.0 Å². The Labute approximate surface area is 173 Å². The van der Waals surface area contributed by atoms with Gasteiger partial charge in [-0.2, -0.15) is 14.6 Å². The normalized spacial score (nSPS) is 14.6. The molecule has 2 aromatic heterocycles. The Morgan fingerprint density at radius 1 is 1.17 bits per heavy atom. The first-order valence-electron chi connectivity index (χ1n) is 10.1. The fraction of sp³-hybridized carbons (Fsp3) is 0.364. The summed E-state index contributed by atoms with van der Waals surface area (Å²) in [6.45, 7) is 4.15. The summed E-state index contributed by atoms with van der Waals surface area (Å²) in [5, 5.41) is 5.59. The lowest BCUT2D eigenvalue weighted by Gasteiger charge is -2.04. The molecule has 0 aliphatic carbocycles. The van der Waals surface area contributed by atoms with E-state index < -0.39 is 0 Å². The number of aliphatic imine (C=N–C) groups is 1. The molecule has 1 aliphatic rings. The van der Waals surface area contributed by atoms with E-state index in [1.807, 2.05) is 31.2 Å². The van der Waals surface area contributed by atoms with E-state index in [1.54, 1.807) is 10.6 Å². The molecule has 0 bridgehead atoms. The summed E-state index contributed by atoms with van der Waals surface area (Å²) in [4.78, 5) is 22.1. The SMILES string of the molecule is CCCCCCCc1nn2c(N)c(/C=C3\C(C)=Nc4ccccc43)c(=O)nc2s1. The van der Waals surface area contributed by atoms with E-state index in [0.29, 0.717) is 16.3 Å². The second-order valence-electron chi connectivity index (χ2n) is 7.34. The highest BCUT2D eigenvalue weighted by molar-refractivity contribution is 7.16. The highest BCUT2D eigenvalue weighted by Crippen LogP contribution is 2.35. The van der Waals surface area contributed by atoms with Gasteiger partial charge < -0.3 is 5.73 Å². The average Bonchev–Trinajstić information content (AvgIpc) is 3.25. The van der Waals surface area contributed by atoms with Crippen LogP contribution >= 0.6 is 11.3 Å². The number of anilines is 1. The number of para-hydroxylation sites is 1. The Balaban J connectivity index is 1.66. The molecule has 0 spiro atoms. The molecule has 4 rings (SSSR count). The van der Waals surface area contributed by atoms with E-state index in [-0.39, 0.29) is 5.56 Å². The van der Waals surface area contributed by atoms with Crippen LogP contribution in [0.4, 0.5) is 11.5 Å². The number of nitrogen functional groups attached to an aromatic ring is 1. The van der Waals surface area contributed by atoms with Gasteiger partial charge in [0.25, 0.3) is 5.56 Å². The van der Waals surface area contributed by atoms with Crippen molar-refractivity contribution in [3.63, 3.8) is 0 Å². The summed E-state index contributed by atoms with van der Waals surface area (Å²) < 4.78 is 1.60. The third-order valence-corrected chi connectivity index (χ3v) is 6.16. The Hall–Kier alpha value is -2.80. The maximum absolute atomic E-state index is 12.7. The molecule has 0 radical (unpaired) electrons. The summed E-state index contributed by atoms with van der Waals surface area (Å²) in [7, 11) is 0. The van der Waals surface area contributed by atoms with Crippen LogP contribution in [0.3, 0.4) is 0 Å². The predicted octanol–water partition coefficient (Wildman–Crippen LogP) is 4.89. The number of allylic oxidation sites excluding steroid dienone is 1. The van der Waals surface area contributed by atoms with E-state index in [0.717, 1.165) is 40.4 Å². The number of aromatic nitrogens is 3. The second-order valence-corrected chi connectivity index (χ2v) is 8.38. The number of hydrogen-bond acceptors (Lipinski definition) is 6. The van der Waals surface area contributed by atoms with Crippen molar-refractivity contribution in [2.75, 3.05) is 5.73 Å². The molecule has 1 aliphatic heterocycles. The van der Waals surface area contributed by atoms with Crippen molar-refractivity contribution in [2.24, 2.45) is 4.99 Å². The number of benzene rings is 1. The smallest absolute Gasteiger partial charge is 0.283 e. The van der Waals surface area contributed by atoms with Crippen LogP contribution < -0.4 is 11.3 Å². The molecule has 6 nitrogen and oxygen atoms in total. The fourth-order valence-electron chi connectivity index (χ4n) is 3.60. The quantitative estimate of drug-likeness (QED) is 0.565. The molecule has 1 aromatic carbocycles. The Morgan fingerprint density at radius 2 is 1.97 bits per heavy atom. The maximum Gasteiger partial charge on any atom is 0.283 e. The van der Waals surface area contributed by atoms with E-state index in [2.05, 4.69) is 22.0 Å². The van der Waals surface area contributed by atoms with Crippen LogP contribution in [0.1, 0.15) is 62.1 Å². The summed E-state index contributed by atoms with van der Waals surface area (Å²) >= 11 is 1.45. The van der Waals surface area contributed by atoms with E-state index in [9.17, 15) is 4.79 Å². The van der Waals surface area contributed by atoms with Gasteiger partial charge >= 0.3 is 0 Å². The second kappa shape index (κ2) is 8.29. The lowest BCUT2D eigenvalue weighted by atomic mass is 10.0. The first-order valence-corrected chi connectivity index (χ1v) is 10.9. The molecule has 29 heavy (non-hydrogen) atoms. The van der Waals surface area contributed by atoms with Gasteiger partial charge in [0.05, 0.1) is 11.3 Å². The molecule has 7 heteroatoms. The molecule has 150 valence electrons. The van der Waals surface area contributed by atoms with Crippen molar-refractivity contribution in [3.8, 4) is 0 Å². The zero-order valence-electron chi connectivity index (χ0n) is 16.8. The minimum atomic E-state index is -0.328. The molecule has 0 unspecified atom stereocenters. The monoisotopic (exact) mass is 407 g/mol. The average molecular weight is 408 g/mol. The van der Waals surface area contributed by atoms with Crippen molar-refractivity contribution in [3.05, 3.63) is 50.8 Å². The molecule has 3 aromatic rings. The zero-order valence-corrected chi connectivity index (χ0v) is 17.6. The molecule has 0 amide bonds. The minimum absolute atomic E-state index is 0.328. The van der Waals surface area contributed by atoms with Gasteiger partial charge in [0.15, 0.2) is 0 Å². The minimum Gasteiger partial charge on any atom is -0.383 e. The van der Waals surface area contributed by atoms with Gasteiger partial charge in [-0.1, -0.05) is 62.1 Å². The molecule has 0 atom stereocenters. The Bertz CT molecular complexity index is 1170. The summed E-state index contributed by atoms with van der Waals surface area (Å²) in [5.74, 6) is 0.332. The molecule has 3 heterocycles. The Morgan fingerprint density at radius 3 is 2.79 bits per heavy atom. The molecule has 0 saturated carbocycles. The van der Waals surface area contributed by atoms with Crippen molar-refractivity contribution in [1.82, 2.24) is 14.6 Å². The van der Waals surface area contributed by atoms with Crippen LogP contribution in [0.25, 0.3) is 16.6 Å². The van der Waals surface area contributed by atoms with E-state index in [4.69, 9.17) is 5.73 Å². The molecular weight excluding hydrogens is 382 g/mol. The van der Waals surface area contributed by atoms with Crippen LogP contribution in [0.2, 0.25) is 0 Å². The van der Waals surface area contributed by atoms with Crippen molar-refractivity contribution in [2.45, 2.75) is 52.4 Å². The zero-order chi connectivity index (χ0) is 20.4. The highest BCUT2D eigenvalue weighted by Gasteiger charge is 2.20. The van der Waals surface area contributed by atoms with Gasteiger partial charge in [-0.25, -0.2) is 0 Å². The van der Waals surface area contributed by atoms with Crippen molar-refractivity contribution in [1.29, 1.82) is 0 Å². The van der Waals surface area contributed by atoms with Crippen LogP contribution in [-0.4, -0.2) is 20.3 Å². The van der Waals surface area contributed by atoms with Crippen molar-refractivity contribution >= 4 is 45.2 Å². The number of nitrogens with zero attached hydrogens (tertiary/aromatic N) is 4. The van der Waals surface area contributed by atoms with Gasteiger partial charge in [-0.3, -0.25) is 9.79 Å². The lowest BCUT2D eigenvalue weighted by molar-refractivity contribution is 0.629. The van der Waals surface area contributed by atoms with Crippen LogP contribution in [0, 0.1) is 0 Å². The van der Waals surface area contributed by atoms with E-state index >= 15 is 0 Å². The summed E-state index contributed by atoms with van der Waals surface area (Å²) in [6.07, 6.45) is 8.72. The number of unbranched alkanes of at least 4 members (excludes halogenated alkanes) is 4. The van der Waals surface area contributed by atoms with Gasteiger partial charge in [-0.15, -0.1) is 0 Å². The fourth-order valence-corrected chi connectivity index (χ4v) is 4.53. The molecule has 0 fully saturated rings. The molecule has 2 N–H and O–H groups in total. The van der Waals surface area contributed by atoms with Gasteiger partial charge in [0, 0.05) is 23.3 Å². The number of rotatable bonds is 7. The summed E-state index contributed by atoms with van der Waals surface area (Å²) in [6, 6.07) is 7.88. The molecular formula is C22H25N5OS. The number of hydrogen-bond donors (Lipinski definition) is 1. The third-order valence-electron chi connectivity index (χ3n) is 5.19. The number of fused-ring (bicyclic) bond motifs is 2. The van der Waals surface area contributed by atoms with Crippen LogP contribution in [0.15, 0.2) is 34.1 Å². The number of nitrogens with two attached hydrogens (primary N) is 1. The molecule has 0 saturated heterocycles. The highest BCUT2D eigenvalue weighted by atomic mass is 32.1. The Kier molecular flexibility index (Phi) is 5.58. The topological polar surface area (TPSA) is 85.6 Å². The first-order chi connectivity index (χ1) is 14.1. The maximum atomic E-state index is 12.7. The van der Waals surface area contributed by atoms with Crippen molar-refractivity contribution < 1.29 is 0 Å². The van der Waals surface area contributed by atoms with Crippen LogP contribution in [-0.2, 0) is 6.42 Å². The number of aryl methyl sites for hydroxylation is 1. The lowest BCUT2D eigenvalue weighted by Crippen LogP contribution is -2.17. The van der Waals surface area contributed by atoms with Gasteiger partial charge in [0.1, 0.15) is 10.8 Å².